The Hall–Kier alpha value is -3.30. The van der Waals surface area contributed by atoms with Crippen LogP contribution in [0.4, 0.5) is 0 Å². The first-order chi connectivity index (χ1) is 17.0. The first-order valence-corrected chi connectivity index (χ1v) is 12.5. The Labute approximate surface area is 213 Å². The van der Waals surface area contributed by atoms with Crippen LogP contribution in [0.1, 0.15) is 32.3 Å². The van der Waals surface area contributed by atoms with Gasteiger partial charge in [0, 0.05) is 0 Å². The monoisotopic (exact) mass is 512 g/mol. The van der Waals surface area contributed by atoms with E-state index in [1.165, 1.54) is 16.8 Å². The summed E-state index contributed by atoms with van der Waals surface area (Å²) >= 11 is 7.85. The van der Waals surface area contributed by atoms with Crippen molar-refractivity contribution in [3.05, 3.63) is 58.6 Å². The van der Waals surface area contributed by atoms with Crippen LogP contribution in [-0.4, -0.2) is 46.8 Å². The van der Waals surface area contributed by atoms with Gasteiger partial charge >= 0.3 is 0 Å². The molecule has 2 aromatic carbocycles. The number of amidine groups is 2. The maximum absolute atomic E-state index is 12.7. The minimum Gasteiger partial charge on any atom is -0.490 e. The number of thioether (sulfide) groups is 1. The van der Waals surface area contributed by atoms with Crippen LogP contribution in [0.15, 0.2) is 58.1 Å². The number of benzene rings is 2. The Bertz CT molecular complexity index is 1210. The summed E-state index contributed by atoms with van der Waals surface area (Å²) in [6.45, 7) is 4.90. The van der Waals surface area contributed by atoms with Crippen LogP contribution in [0, 0.1) is 5.41 Å². The van der Waals surface area contributed by atoms with Crippen LogP contribution < -0.4 is 14.2 Å². The lowest BCUT2D eigenvalue weighted by molar-refractivity contribution is -0.114. The van der Waals surface area contributed by atoms with E-state index in [4.69, 9.17) is 31.2 Å². The lowest BCUT2D eigenvalue weighted by Crippen LogP contribution is -2.35. The van der Waals surface area contributed by atoms with Crippen LogP contribution in [0.25, 0.3) is 6.08 Å². The fraction of sp³-hybridized carbons (Fsp3) is 0.280. The summed E-state index contributed by atoms with van der Waals surface area (Å²) in [6.07, 6.45) is 3.26. The Morgan fingerprint density at radius 1 is 1.11 bits per heavy atom. The van der Waals surface area contributed by atoms with Gasteiger partial charge in [0.15, 0.2) is 17.3 Å². The van der Waals surface area contributed by atoms with Crippen molar-refractivity contribution in [2.24, 2.45) is 10.1 Å². The van der Waals surface area contributed by atoms with Crippen molar-refractivity contribution in [2.45, 2.75) is 26.7 Å². The van der Waals surface area contributed by atoms with E-state index in [-0.39, 0.29) is 18.0 Å². The number of carbonyl (C=O) groups excluding carboxylic acids is 1. The van der Waals surface area contributed by atoms with Crippen molar-refractivity contribution < 1.29 is 19.0 Å². The summed E-state index contributed by atoms with van der Waals surface area (Å²) in [6, 6.07) is 12.8. The van der Waals surface area contributed by atoms with Crippen LogP contribution >= 0.6 is 23.4 Å². The number of hydrazone groups is 1. The van der Waals surface area contributed by atoms with Gasteiger partial charge < -0.3 is 14.2 Å². The third kappa shape index (κ3) is 5.86. The lowest BCUT2D eigenvalue weighted by atomic mass is 10.1. The zero-order valence-corrected chi connectivity index (χ0v) is 21.0. The number of hydrogen-bond donors (Lipinski definition) is 1. The molecule has 2 heterocycles. The van der Waals surface area contributed by atoms with Gasteiger partial charge in [-0.2, -0.15) is 15.1 Å². The Kier molecular flexibility index (Phi) is 8.09. The Morgan fingerprint density at radius 3 is 2.63 bits per heavy atom. The quantitative estimate of drug-likeness (QED) is 0.328. The standard InChI is InChI=1S/C25H25ClN4O4S/c1-3-8-21-29-30-23(27)18(24(31)28-25(30)35-21)13-16-14-19(26)22(20(15-16)32-4-2)34-12-11-33-17-9-6-5-7-10-17/h5-7,9-10,13-15,27H,3-4,8,11-12H2,1-2H3. The molecule has 1 amide bonds. The third-order valence-electron chi connectivity index (χ3n) is 4.94. The van der Waals surface area contributed by atoms with E-state index in [9.17, 15) is 4.79 Å². The maximum atomic E-state index is 12.7. The zero-order valence-electron chi connectivity index (χ0n) is 19.4. The van der Waals surface area contributed by atoms with E-state index in [1.54, 1.807) is 18.2 Å². The summed E-state index contributed by atoms with van der Waals surface area (Å²) < 4.78 is 17.3. The fourth-order valence-electron chi connectivity index (χ4n) is 3.41. The Morgan fingerprint density at radius 2 is 1.89 bits per heavy atom. The number of nitrogens with one attached hydrogen (secondary N) is 1. The molecule has 0 unspecified atom stereocenters. The van der Waals surface area contributed by atoms with Gasteiger partial charge in [0.25, 0.3) is 5.91 Å². The molecule has 0 aromatic heterocycles. The number of fused-ring (bicyclic) bond motifs is 1. The van der Waals surface area contributed by atoms with Gasteiger partial charge in [-0.15, -0.1) is 0 Å². The molecule has 0 saturated carbocycles. The summed E-state index contributed by atoms with van der Waals surface area (Å²) in [5, 5.41) is 15.9. The van der Waals surface area contributed by atoms with E-state index >= 15 is 0 Å². The van der Waals surface area contributed by atoms with Gasteiger partial charge in [-0.3, -0.25) is 10.2 Å². The molecule has 0 bridgehead atoms. The molecule has 0 fully saturated rings. The highest BCUT2D eigenvalue weighted by atomic mass is 35.5. The number of ether oxygens (including phenoxy) is 3. The molecule has 0 atom stereocenters. The number of hydrogen-bond acceptors (Lipinski definition) is 7. The summed E-state index contributed by atoms with van der Waals surface area (Å²) in [4.78, 5) is 16.8. The lowest BCUT2D eigenvalue weighted by Gasteiger charge is -2.20. The van der Waals surface area contributed by atoms with Gasteiger partial charge in [0.2, 0.25) is 5.17 Å². The highest BCUT2D eigenvalue weighted by Crippen LogP contribution is 2.38. The predicted molar refractivity (Wildman–Crippen MR) is 140 cm³/mol. The van der Waals surface area contributed by atoms with Crippen LogP contribution in [0.5, 0.6) is 17.2 Å². The second-order valence-electron chi connectivity index (χ2n) is 7.54. The molecule has 1 N–H and O–H groups in total. The number of aliphatic imine (C=N–C) groups is 1. The molecule has 8 nitrogen and oxygen atoms in total. The number of carbonyl (C=O) groups is 1. The molecular formula is C25H25ClN4O4S. The highest BCUT2D eigenvalue weighted by molar-refractivity contribution is 8.26. The first-order valence-electron chi connectivity index (χ1n) is 11.3. The molecule has 35 heavy (non-hydrogen) atoms. The van der Waals surface area contributed by atoms with Crippen LogP contribution in [0.2, 0.25) is 5.02 Å². The SMILES string of the molecule is CCCC1=NN2C(=N)C(=Cc3cc(Cl)c(OCCOc4ccccc4)c(OCC)c3)C(=O)N=C2S1. The van der Waals surface area contributed by atoms with Crippen molar-refractivity contribution in [1.82, 2.24) is 5.01 Å². The van der Waals surface area contributed by atoms with Gasteiger partial charge in [-0.25, -0.2) is 0 Å². The second kappa shape index (κ2) is 11.4. The Balaban J connectivity index is 1.52. The van der Waals surface area contributed by atoms with Crippen molar-refractivity contribution in [1.29, 1.82) is 5.41 Å². The summed E-state index contributed by atoms with van der Waals surface area (Å²) in [5.41, 5.74) is 0.710. The highest BCUT2D eigenvalue weighted by Gasteiger charge is 2.35. The van der Waals surface area contributed by atoms with Crippen LogP contribution in [0.3, 0.4) is 0 Å². The van der Waals surface area contributed by atoms with Crippen molar-refractivity contribution in [3.8, 4) is 17.2 Å². The number of amides is 1. The number of halogens is 1. The number of rotatable bonds is 10. The molecule has 4 rings (SSSR count). The molecule has 0 aliphatic carbocycles. The molecule has 0 spiro atoms. The molecule has 10 heteroatoms. The van der Waals surface area contributed by atoms with E-state index < -0.39 is 5.91 Å². The van der Waals surface area contributed by atoms with Gasteiger partial charge in [0.1, 0.15) is 24.0 Å². The largest absolute Gasteiger partial charge is 0.490 e. The molecule has 0 saturated heterocycles. The van der Waals surface area contributed by atoms with E-state index in [2.05, 4.69) is 10.1 Å². The van der Waals surface area contributed by atoms with Gasteiger partial charge in [-0.1, -0.05) is 36.7 Å². The van der Waals surface area contributed by atoms with E-state index in [1.807, 2.05) is 44.2 Å². The van der Waals surface area contributed by atoms with E-state index in [0.717, 1.165) is 23.6 Å². The van der Waals surface area contributed by atoms with Crippen molar-refractivity contribution in [3.63, 3.8) is 0 Å². The van der Waals surface area contributed by atoms with Gasteiger partial charge in [0.05, 0.1) is 17.2 Å². The first kappa shape index (κ1) is 24.8. The zero-order chi connectivity index (χ0) is 24.8. The summed E-state index contributed by atoms with van der Waals surface area (Å²) in [7, 11) is 0. The number of nitrogens with zero attached hydrogens (tertiary/aromatic N) is 3. The molecule has 182 valence electrons. The fourth-order valence-corrected chi connectivity index (χ4v) is 4.67. The van der Waals surface area contributed by atoms with Crippen molar-refractivity contribution in [2.75, 3.05) is 19.8 Å². The predicted octanol–water partition coefficient (Wildman–Crippen LogP) is 5.62. The number of para-hydroxylation sites is 1. The molecule has 2 aliphatic heterocycles. The van der Waals surface area contributed by atoms with Gasteiger partial charge in [-0.05, 0) is 67.4 Å². The minimum absolute atomic E-state index is 0.0222. The second-order valence-corrected chi connectivity index (χ2v) is 8.98. The third-order valence-corrected chi connectivity index (χ3v) is 6.19. The summed E-state index contributed by atoms with van der Waals surface area (Å²) in [5.74, 6) is 1.07. The maximum Gasteiger partial charge on any atom is 0.283 e. The molecule has 0 radical (unpaired) electrons. The average molecular weight is 513 g/mol. The minimum atomic E-state index is -0.492. The molecular weight excluding hydrogens is 488 g/mol. The van der Waals surface area contributed by atoms with E-state index in [0.29, 0.717) is 40.5 Å². The molecule has 2 aromatic rings. The normalized spacial score (nSPS) is 16.2. The van der Waals surface area contributed by atoms with Crippen molar-refractivity contribution >= 4 is 51.4 Å². The smallest absolute Gasteiger partial charge is 0.283 e. The average Bonchev–Trinajstić information content (AvgIpc) is 3.24. The molecule has 2 aliphatic rings. The topological polar surface area (TPSA) is 96.6 Å². The van der Waals surface area contributed by atoms with Crippen LogP contribution in [-0.2, 0) is 4.79 Å².